The van der Waals surface area contributed by atoms with Gasteiger partial charge in [-0.15, -0.1) is 0 Å². The Morgan fingerprint density at radius 2 is 2.06 bits per heavy atom. The van der Waals surface area contributed by atoms with Crippen molar-refractivity contribution in [2.75, 3.05) is 43.4 Å². The van der Waals surface area contributed by atoms with Gasteiger partial charge < -0.3 is 15.5 Å². The summed E-state index contributed by atoms with van der Waals surface area (Å²) in [5.74, 6) is -1.01. The fourth-order valence-corrected chi connectivity index (χ4v) is 4.59. The second-order valence-electron chi connectivity index (χ2n) is 8.43. The molecule has 4 heterocycles. The van der Waals surface area contributed by atoms with E-state index in [1.54, 1.807) is 12.1 Å². The minimum absolute atomic E-state index is 0.0353. The summed E-state index contributed by atoms with van der Waals surface area (Å²) in [5.41, 5.74) is 3.76. The van der Waals surface area contributed by atoms with Gasteiger partial charge in [0.25, 0.3) is 5.91 Å². The lowest BCUT2D eigenvalue weighted by Gasteiger charge is -2.36. The van der Waals surface area contributed by atoms with Crippen LogP contribution in [0.3, 0.4) is 0 Å². The molecule has 8 nitrogen and oxygen atoms in total. The molecule has 0 aromatic carbocycles. The first-order valence-corrected chi connectivity index (χ1v) is 10.8. The van der Waals surface area contributed by atoms with Crippen molar-refractivity contribution < 1.29 is 14.0 Å². The summed E-state index contributed by atoms with van der Waals surface area (Å²) in [4.78, 5) is 36.7. The van der Waals surface area contributed by atoms with Gasteiger partial charge >= 0.3 is 0 Å². The van der Waals surface area contributed by atoms with E-state index in [2.05, 4.69) is 25.5 Å². The average molecular weight is 436 g/mol. The van der Waals surface area contributed by atoms with Crippen LogP contribution in [-0.2, 0) is 11.3 Å². The summed E-state index contributed by atoms with van der Waals surface area (Å²) in [6.45, 7) is 5.53. The number of aromatic nitrogens is 2. The van der Waals surface area contributed by atoms with Crippen LogP contribution in [0.5, 0.6) is 0 Å². The van der Waals surface area contributed by atoms with E-state index < -0.39 is 17.3 Å². The van der Waals surface area contributed by atoms with Crippen molar-refractivity contribution in [3.8, 4) is 0 Å². The predicted molar refractivity (Wildman–Crippen MR) is 119 cm³/mol. The topological polar surface area (TPSA) is 90.5 Å². The van der Waals surface area contributed by atoms with Crippen LogP contribution >= 0.6 is 0 Å². The first-order valence-electron chi connectivity index (χ1n) is 10.8. The van der Waals surface area contributed by atoms with Crippen LogP contribution in [-0.4, -0.2) is 59.9 Å². The quantitative estimate of drug-likeness (QED) is 0.698. The third-order valence-electron chi connectivity index (χ3n) is 6.61. The first kappa shape index (κ1) is 20.6. The van der Waals surface area contributed by atoms with Crippen molar-refractivity contribution in [1.82, 2.24) is 20.2 Å². The van der Waals surface area contributed by atoms with E-state index in [9.17, 15) is 14.0 Å². The van der Waals surface area contributed by atoms with Gasteiger partial charge in [0.15, 0.2) is 0 Å². The highest BCUT2D eigenvalue weighted by atomic mass is 19.1. The number of hydrogen-bond acceptors (Lipinski definition) is 6. The Labute approximate surface area is 185 Å². The highest BCUT2D eigenvalue weighted by Gasteiger charge is 2.54. The zero-order valence-electron chi connectivity index (χ0n) is 18.1. The molecule has 1 fully saturated rings. The van der Waals surface area contributed by atoms with Crippen molar-refractivity contribution in [1.29, 1.82) is 0 Å². The van der Waals surface area contributed by atoms with Crippen molar-refractivity contribution in [2.45, 2.75) is 19.9 Å². The molecule has 1 aliphatic carbocycles. The first-order chi connectivity index (χ1) is 15.4. The fourth-order valence-electron chi connectivity index (χ4n) is 4.59. The highest BCUT2D eigenvalue weighted by Crippen LogP contribution is 2.57. The third-order valence-corrected chi connectivity index (χ3v) is 6.61. The maximum atomic E-state index is 14.5. The van der Waals surface area contributed by atoms with Crippen molar-refractivity contribution >= 4 is 28.8 Å². The molecule has 2 aromatic heterocycles. The summed E-state index contributed by atoms with van der Waals surface area (Å²) in [5, 5.41) is 5.46. The van der Waals surface area contributed by atoms with Crippen LogP contribution in [0.4, 0.5) is 15.8 Å². The zero-order valence-corrected chi connectivity index (χ0v) is 18.1. The molecule has 9 heteroatoms. The molecule has 5 rings (SSSR count). The highest BCUT2D eigenvalue weighted by molar-refractivity contribution is 6.18. The normalized spacial score (nSPS) is 21.9. The Hall–Kier alpha value is -3.33. The van der Waals surface area contributed by atoms with Crippen molar-refractivity contribution in [3.63, 3.8) is 0 Å². The SMILES string of the molecule is CC[C@@]12C=C1c1ncc(CN3CCN(c4ccc(C(=O)NC)nc4F)CC3)cc1NC2=O. The van der Waals surface area contributed by atoms with Crippen molar-refractivity contribution in [2.24, 2.45) is 5.41 Å². The van der Waals surface area contributed by atoms with Crippen LogP contribution in [0.1, 0.15) is 35.1 Å². The lowest BCUT2D eigenvalue weighted by Crippen LogP contribution is -2.46. The molecule has 0 bridgehead atoms. The van der Waals surface area contributed by atoms with Crippen LogP contribution in [0.15, 0.2) is 30.5 Å². The maximum Gasteiger partial charge on any atom is 0.269 e. The van der Waals surface area contributed by atoms with Crippen LogP contribution in [0.25, 0.3) is 5.57 Å². The Bertz CT molecular complexity index is 1140. The second kappa shape index (κ2) is 7.67. The number of nitrogens with one attached hydrogen (secondary N) is 2. The maximum absolute atomic E-state index is 14.5. The summed E-state index contributed by atoms with van der Waals surface area (Å²) in [6.07, 6.45) is 4.64. The number of halogens is 1. The molecule has 0 unspecified atom stereocenters. The van der Waals surface area contributed by atoms with E-state index in [4.69, 9.17) is 0 Å². The van der Waals surface area contributed by atoms with E-state index >= 15 is 0 Å². The van der Waals surface area contributed by atoms with Gasteiger partial charge in [0.2, 0.25) is 11.9 Å². The third kappa shape index (κ3) is 3.33. The van der Waals surface area contributed by atoms with E-state index in [0.717, 1.165) is 42.0 Å². The number of anilines is 2. The molecule has 2 amide bonds. The molecule has 1 saturated heterocycles. The van der Waals surface area contributed by atoms with E-state index in [1.807, 2.05) is 30.2 Å². The largest absolute Gasteiger partial charge is 0.365 e. The molecule has 32 heavy (non-hydrogen) atoms. The van der Waals surface area contributed by atoms with Gasteiger partial charge in [0, 0.05) is 46.0 Å². The average Bonchev–Trinajstić information content (AvgIpc) is 3.56. The lowest BCUT2D eigenvalue weighted by atomic mass is 9.90. The van der Waals surface area contributed by atoms with E-state index in [0.29, 0.717) is 25.3 Å². The van der Waals surface area contributed by atoms with E-state index in [-0.39, 0.29) is 11.6 Å². The van der Waals surface area contributed by atoms with Crippen LogP contribution in [0.2, 0.25) is 0 Å². The van der Waals surface area contributed by atoms with Gasteiger partial charge in [0.1, 0.15) is 5.69 Å². The van der Waals surface area contributed by atoms with Gasteiger partial charge in [-0.1, -0.05) is 13.0 Å². The Morgan fingerprint density at radius 1 is 1.28 bits per heavy atom. The molecule has 3 aliphatic rings. The van der Waals surface area contributed by atoms with E-state index in [1.165, 1.54) is 7.05 Å². The number of amides is 2. The lowest BCUT2D eigenvalue weighted by molar-refractivity contribution is -0.120. The number of nitrogens with zero attached hydrogens (tertiary/aromatic N) is 4. The van der Waals surface area contributed by atoms with Gasteiger partial charge in [0.05, 0.1) is 22.5 Å². The number of piperazine rings is 1. The summed E-state index contributed by atoms with van der Waals surface area (Å²) >= 11 is 0. The minimum atomic E-state index is -0.633. The Kier molecular flexibility index (Phi) is 4.93. The molecule has 1 atom stereocenters. The molecule has 0 saturated carbocycles. The molecule has 166 valence electrons. The Morgan fingerprint density at radius 3 is 2.75 bits per heavy atom. The number of carbonyl (C=O) groups excluding carboxylic acids is 2. The number of fused-ring (bicyclic) bond motifs is 3. The molecule has 2 aliphatic heterocycles. The van der Waals surface area contributed by atoms with Gasteiger partial charge in [-0.3, -0.25) is 19.5 Å². The fraction of sp³-hybridized carbons (Fsp3) is 0.391. The monoisotopic (exact) mass is 436 g/mol. The number of hydrogen-bond donors (Lipinski definition) is 2. The van der Waals surface area contributed by atoms with Crippen LogP contribution < -0.4 is 15.5 Å². The van der Waals surface area contributed by atoms with Crippen LogP contribution in [0, 0.1) is 11.4 Å². The van der Waals surface area contributed by atoms with Crippen molar-refractivity contribution in [3.05, 3.63) is 53.4 Å². The smallest absolute Gasteiger partial charge is 0.269 e. The van der Waals surface area contributed by atoms with Gasteiger partial charge in [-0.05, 0) is 35.8 Å². The van der Waals surface area contributed by atoms with Gasteiger partial charge in [-0.25, -0.2) is 4.98 Å². The van der Waals surface area contributed by atoms with Gasteiger partial charge in [-0.2, -0.15) is 4.39 Å². The number of rotatable bonds is 5. The summed E-state index contributed by atoms with van der Waals surface area (Å²) < 4.78 is 14.5. The number of carbonyl (C=O) groups is 2. The molecule has 0 radical (unpaired) electrons. The summed E-state index contributed by atoms with van der Waals surface area (Å²) in [6, 6.07) is 5.16. The molecular weight excluding hydrogens is 411 g/mol. The molecular formula is C23H25FN6O2. The predicted octanol–water partition coefficient (Wildman–Crippen LogP) is 2.04. The molecule has 2 N–H and O–H groups in total. The number of pyridine rings is 2. The zero-order chi connectivity index (χ0) is 22.5. The second-order valence-corrected chi connectivity index (χ2v) is 8.43. The summed E-state index contributed by atoms with van der Waals surface area (Å²) in [7, 11) is 1.49. The minimum Gasteiger partial charge on any atom is -0.365 e. The Balaban J connectivity index is 1.22. The standard InChI is InChI=1S/C23H25FN6O2/c1-3-23-11-15(23)19-17(28-22(23)32)10-14(12-26-19)13-29-6-8-30(9-7-29)18-5-4-16(21(31)25-2)27-20(18)24/h4-5,10-12H,3,6-9,13H2,1-2H3,(H,25,31)(H,28,32)/t23-/m1/s1. The molecule has 2 aromatic rings. The molecule has 0 spiro atoms.